The number of nitrogens with one attached hydrogen (secondary N) is 2. The van der Waals surface area contributed by atoms with Gasteiger partial charge in [-0.3, -0.25) is 15.0 Å². The molecule has 1 aliphatic heterocycles. The van der Waals surface area contributed by atoms with Crippen molar-refractivity contribution in [3.05, 3.63) is 101 Å². The lowest BCUT2D eigenvalue weighted by Gasteiger charge is -2.27. The van der Waals surface area contributed by atoms with Gasteiger partial charge in [0.25, 0.3) is 5.91 Å². The van der Waals surface area contributed by atoms with Crippen LogP contribution in [0, 0.1) is 5.82 Å². The van der Waals surface area contributed by atoms with Gasteiger partial charge in [0.1, 0.15) is 5.82 Å². The molecule has 7 nitrogen and oxygen atoms in total. The van der Waals surface area contributed by atoms with Gasteiger partial charge in [-0.1, -0.05) is 54.6 Å². The van der Waals surface area contributed by atoms with E-state index < -0.39 is 11.7 Å². The normalized spacial score (nSPS) is 14.5. The number of anilines is 2. The van der Waals surface area contributed by atoms with Gasteiger partial charge < -0.3 is 15.8 Å². The van der Waals surface area contributed by atoms with Crippen LogP contribution in [0.15, 0.2) is 78.9 Å². The summed E-state index contributed by atoms with van der Waals surface area (Å²) in [7, 11) is 0. The molecule has 4 rings (SSSR count). The van der Waals surface area contributed by atoms with Crippen molar-refractivity contribution in [3.63, 3.8) is 0 Å². The molecule has 184 valence electrons. The molecule has 1 saturated heterocycles. The fraction of sp³-hybridized carbons (Fsp3) is 0.143. The van der Waals surface area contributed by atoms with E-state index >= 15 is 0 Å². The molecule has 3 aromatic carbocycles. The fourth-order valence-corrected chi connectivity index (χ4v) is 3.65. The fourth-order valence-electron chi connectivity index (χ4n) is 3.65. The number of rotatable bonds is 7. The minimum absolute atomic E-state index is 0.211. The van der Waals surface area contributed by atoms with Crippen LogP contribution in [-0.4, -0.2) is 43.1 Å². The Morgan fingerprint density at radius 3 is 2.31 bits per heavy atom. The van der Waals surface area contributed by atoms with E-state index in [-0.39, 0.29) is 17.0 Å². The first-order chi connectivity index (χ1) is 17.5. The van der Waals surface area contributed by atoms with E-state index in [1.807, 2.05) is 12.1 Å². The predicted octanol–water partition coefficient (Wildman–Crippen LogP) is 3.96. The minimum atomic E-state index is -0.481. The van der Waals surface area contributed by atoms with Crippen LogP contribution >= 0.6 is 0 Å². The summed E-state index contributed by atoms with van der Waals surface area (Å²) in [4.78, 5) is 25.3. The molecule has 4 N–H and O–H groups in total. The molecule has 1 heterocycles. The van der Waals surface area contributed by atoms with E-state index in [0.717, 1.165) is 5.56 Å². The van der Waals surface area contributed by atoms with E-state index in [1.54, 1.807) is 71.8 Å². The Hall–Kier alpha value is -4.27. The first-order valence-electron chi connectivity index (χ1n) is 11.5. The van der Waals surface area contributed by atoms with Crippen LogP contribution in [0.25, 0.3) is 17.7 Å². The molecule has 8 heteroatoms. The molecule has 3 aromatic rings. The highest BCUT2D eigenvalue weighted by atomic mass is 19.1. The largest absolute Gasteiger partial charge is 0.397 e. The molecule has 36 heavy (non-hydrogen) atoms. The number of carbonyl (C=O) groups is 2. The zero-order valence-electron chi connectivity index (χ0n) is 19.6. The van der Waals surface area contributed by atoms with Crippen molar-refractivity contribution in [1.82, 2.24) is 10.4 Å². The zero-order chi connectivity index (χ0) is 25.3. The van der Waals surface area contributed by atoms with Gasteiger partial charge in [0, 0.05) is 24.7 Å². The quantitative estimate of drug-likeness (QED) is 0.267. The molecule has 1 aliphatic rings. The second-order valence-electron chi connectivity index (χ2n) is 8.15. The number of nitrogen functional groups attached to an aromatic ring is 1. The number of nitrogens with two attached hydrogens (primary N) is 1. The summed E-state index contributed by atoms with van der Waals surface area (Å²) in [6.45, 7) is 2.15. The third-order valence-electron chi connectivity index (χ3n) is 5.57. The standard InChI is InChI=1S/C28H27FN4O3/c29-24-6-2-1-5-22(24)23(28(35)32-33-15-17-36-18-16-33)19-21-11-9-20(10-12-21)13-14-27(34)31-26-8-4-3-7-25(26)30/h1-14,19H,15-18,30H2,(H,31,34)(H,32,35)/b14-13+,23-19-. The summed E-state index contributed by atoms with van der Waals surface area (Å²) in [6.07, 6.45) is 4.73. The summed E-state index contributed by atoms with van der Waals surface area (Å²) in [6, 6.07) is 20.4. The van der Waals surface area contributed by atoms with E-state index in [2.05, 4.69) is 10.7 Å². The Kier molecular flexibility index (Phi) is 8.23. The lowest BCUT2D eigenvalue weighted by molar-refractivity contribution is -0.122. The average molecular weight is 487 g/mol. The van der Waals surface area contributed by atoms with Crippen molar-refractivity contribution in [2.24, 2.45) is 0 Å². The van der Waals surface area contributed by atoms with Crippen LogP contribution in [0.1, 0.15) is 16.7 Å². The Morgan fingerprint density at radius 2 is 1.58 bits per heavy atom. The maximum atomic E-state index is 14.6. The summed E-state index contributed by atoms with van der Waals surface area (Å²) >= 11 is 0. The van der Waals surface area contributed by atoms with Crippen LogP contribution in [0.5, 0.6) is 0 Å². The maximum absolute atomic E-state index is 14.6. The summed E-state index contributed by atoms with van der Waals surface area (Å²) in [5, 5.41) is 4.50. The number of benzene rings is 3. The number of hydrogen-bond acceptors (Lipinski definition) is 5. The number of carbonyl (C=O) groups excluding carboxylic acids is 2. The number of ether oxygens (including phenoxy) is 1. The van der Waals surface area contributed by atoms with Crippen LogP contribution < -0.4 is 16.5 Å². The van der Waals surface area contributed by atoms with Gasteiger partial charge >= 0.3 is 0 Å². The molecular weight excluding hydrogens is 459 g/mol. The SMILES string of the molecule is Nc1ccccc1NC(=O)/C=C/c1ccc(/C=C(\C(=O)NN2CCOCC2)c2ccccc2F)cc1. The zero-order valence-corrected chi connectivity index (χ0v) is 19.6. The lowest BCUT2D eigenvalue weighted by Crippen LogP contribution is -2.48. The number of morpholine rings is 1. The van der Waals surface area contributed by atoms with Gasteiger partial charge in [0.15, 0.2) is 0 Å². The van der Waals surface area contributed by atoms with Gasteiger partial charge in [-0.2, -0.15) is 0 Å². The summed E-state index contributed by atoms with van der Waals surface area (Å²) < 4.78 is 19.9. The molecule has 0 spiro atoms. The number of nitrogens with zero attached hydrogens (tertiary/aromatic N) is 1. The summed E-state index contributed by atoms with van der Waals surface area (Å²) in [5.41, 5.74) is 11.7. The molecule has 2 amide bonds. The number of amides is 2. The van der Waals surface area contributed by atoms with Gasteiger partial charge in [0.05, 0.1) is 30.2 Å². The third kappa shape index (κ3) is 6.65. The Morgan fingerprint density at radius 1 is 0.917 bits per heavy atom. The van der Waals surface area contributed by atoms with Crippen molar-refractivity contribution in [2.45, 2.75) is 0 Å². The van der Waals surface area contributed by atoms with Crippen LogP contribution in [0.3, 0.4) is 0 Å². The molecule has 0 aromatic heterocycles. The Balaban J connectivity index is 1.50. The van der Waals surface area contributed by atoms with Crippen LogP contribution in [0.2, 0.25) is 0 Å². The lowest BCUT2D eigenvalue weighted by atomic mass is 10.0. The van der Waals surface area contributed by atoms with Crippen LogP contribution in [-0.2, 0) is 14.3 Å². The molecule has 1 fully saturated rings. The van der Waals surface area contributed by atoms with Gasteiger partial charge in [-0.25, -0.2) is 9.40 Å². The van der Waals surface area contributed by atoms with Crippen molar-refractivity contribution in [1.29, 1.82) is 0 Å². The Labute approximate surface area is 209 Å². The van der Waals surface area contributed by atoms with E-state index in [4.69, 9.17) is 10.5 Å². The van der Waals surface area contributed by atoms with Gasteiger partial charge in [0.2, 0.25) is 5.91 Å². The monoisotopic (exact) mass is 486 g/mol. The molecule has 0 saturated carbocycles. The van der Waals surface area contributed by atoms with E-state index in [0.29, 0.717) is 43.2 Å². The highest BCUT2D eigenvalue weighted by Crippen LogP contribution is 2.22. The second-order valence-corrected chi connectivity index (χ2v) is 8.15. The first kappa shape index (κ1) is 24.8. The van der Waals surface area contributed by atoms with Crippen molar-refractivity contribution < 1.29 is 18.7 Å². The smallest absolute Gasteiger partial charge is 0.266 e. The maximum Gasteiger partial charge on any atom is 0.266 e. The molecule has 0 atom stereocenters. The molecule has 0 bridgehead atoms. The predicted molar refractivity (Wildman–Crippen MR) is 140 cm³/mol. The van der Waals surface area contributed by atoms with Gasteiger partial charge in [-0.15, -0.1) is 0 Å². The van der Waals surface area contributed by atoms with Crippen molar-refractivity contribution >= 4 is 40.9 Å². The topological polar surface area (TPSA) is 96.7 Å². The molecular formula is C28H27FN4O3. The second kappa shape index (κ2) is 11.9. The molecule has 0 unspecified atom stereocenters. The van der Waals surface area contributed by atoms with Crippen molar-refractivity contribution in [2.75, 3.05) is 37.4 Å². The first-order valence-corrected chi connectivity index (χ1v) is 11.5. The van der Waals surface area contributed by atoms with Crippen molar-refractivity contribution in [3.8, 4) is 0 Å². The number of hydrazine groups is 1. The number of para-hydroxylation sites is 2. The highest BCUT2D eigenvalue weighted by Gasteiger charge is 2.19. The average Bonchev–Trinajstić information content (AvgIpc) is 2.89. The molecule has 0 radical (unpaired) electrons. The van der Waals surface area contributed by atoms with E-state index in [1.165, 1.54) is 12.1 Å². The minimum Gasteiger partial charge on any atom is -0.397 e. The van der Waals surface area contributed by atoms with Crippen LogP contribution in [0.4, 0.5) is 15.8 Å². The van der Waals surface area contributed by atoms with Gasteiger partial charge in [-0.05, 0) is 41.5 Å². The third-order valence-corrected chi connectivity index (χ3v) is 5.57. The highest BCUT2D eigenvalue weighted by molar-refractivity contribution is 6.24. The Bertz CT molecular complexity index is 1280. The molecule has 0 aliphatic carbocycles. The summed E-state index contributed by atoms with van der Waals surface area (Å²) in [5.74, 6) is -1.19. The van der Waals surface area contributed by atoms with E-state index in [9.17, 15) is 14.0 Å². The number of halogens is 1. The number of hydrogen-bond donors (Lipinski definition) is 3.